The highest BCUT2D eigenvalue weighted by atomic mass is 32.1. The summed E-state index contributed by atoms with van der Waals surface area (Å²) in [6, 6.07) is 72.3. The normalized spacial score (nSPS) is 11.2. The first kappa shape index (κ1) is 33.4. The van der Waals surface area contributed by atoms with Gasteiger partial charge in [-0.1, -0.05) is 158 Å². The van der Waals surface area contributed by atoms with Crippen molar-refractivity contribution in [2.45, 2.75) is 0 Å². The highest BCUT2D eigenvalue weighted by Crippen LogP contribution is 2.42. The minimum Gasteiger partial charge on any atom is -0.311 e. The van der Waals surface area contributed by atoms with Gasteiger partial charge >= 0.3 is 0 Å². The first-order valence-corrected chi connectivity index (χ1v) is 19.5. The Hall–Kier alpha value is -7.21. The number of fused-ring (bicyclic) bond motifs is 3. The van der Waals surface area contributed by atoms with Crippen LogP contribution in [0, 0.1) is 0 Å². The number of nitrogens with zero attached hydrogens (tertiary/aromatic N) is 4. The molecule has 2 heterocycles. The molecule has 0 aliphatic heterocycles. The van der Waals surface area contributed by atoms with Crippen molar-refractivity contribution in [1.82, 2.24) is 15.0 Å². The maximum Gasteiger partial charge on any atom is 0.164 e. The Morgan fingerprint density at radius 2 is 0.768 bits per heavy atom. The monoisotopic (exact) mass is 734 g/mol. The molecule has 10 aromatic rings. The largest absolute Gasteiger partial charge is 0.311 e. The SMILES string of the molecule is c1ccc(-c2ccc(N(c3ccccc3)c3ccc(-c4ccc5c(c4)sc4cccc(-c6nc(-c7ccccc7)nc(-c7ccccc7)n6)c45)cc3)cc2)cc1. The number of rotatable bonds is 8. The second-order valence-corrected chi connectivity index (χ2v) is 14.7. The molecule has 0 saturated heterocycles. The number of hydrogen-bond donors (Lipinski definition) is 0. The highest BCUT2D eigenvalue weighted by Gasteiger charge is 2.18. The lowest BCUT2D eigenvalue weighted by Crippen LogP contribution is -2.09. The van der Waals surface area contributed by atoms with Crippen LogP contribution in [0.4, 0.5) is 17.1 Å². The zero-order valence-electron chi connectivity index (χ0n) is 30.3. The van der Waals surface area contributed by atoms with Crippen LogP contribution in [0.25, 0.3) is 76.6 Å². The van der Waals surface area contributed by atoms with Gasteiger partial charge in [-0.05, 0) is 70.8 Å². The maximum absolute atomic E-state index is 5.06. The summed E-state index contributed by atoms with van der Waals surface area (Å²) < 4.78 is 2.42. The summed E-state index contributed by atoms with van der Waals surface area (Å²) in [6.45, 7) is 0. The Labute approximate surface area is 329 Å². The van der Waals surface area contributed by atoms with E-state index in [1.165, 1.54) is 37.0 Å². The summed E-state index contributed by atoms with van der Waals surface area (Å²) in [7, 11) is 0. The lowest BCUT2D eigenvalue weighted by Gasteiger charge is -2.26. The topological polar surface area (TPSA) is 41.9 Å². The van der Waals surface area contributed by atoms with E-state index in [0.29, 0.717) is 17.5 Å². The summed E-state index contributed by atoms with van der Waals surface area (Å²) in [6.07, 6.45) is 0. The van der Waals surface area contributed by atoms with Crippen LogP contribution in [0.15, 0.2) is 206 Å². The Bertz CT molecular complexity index is 2870. The lowest BCUT2D eigenvalue weighted by atomic mass is 10.0. The van der Waals surface area contributed by atoms with E-state index in [1.807, 2.05) is 60.7 Å². The zero-order chi connectivity index (χ0) is 37.3. The predicted molar refractivity (Wildman–Crippen MR) is 235 cm³/mol. The molecule has 264 valence electrons. The standard InChI is InChI=1S/C51H34N4S/c1-5-14-35(15-6-1)36-24-29-42(30-25-36)55(41-20-11-4-12-21-41)43-31-26-37(27-32-43)40-28-33-44-47(34-40)56-46-23-13-22-45(48(44)46)51-53-49(38-16-7-2-8-17-38)52-50(54-51)39-18-9-3-10-19-39/h1-34H. The average molecular weight is 735 g/mol. The van der Waals surface area contributed by atoms with Crippen molar-refractivity contribution < 1.29 is 0 Å². The molecule has 0 radical (unpaired) electrons. The molecule has 0 N–H and O–H groups in total. The van der Waals surface area contributed by atoms with E-state index in [-0.39, 0.29) is 0 Å². The van der Waals surface area contributed by atoms with Gasteiger partial charge in [-0.3, -0.25) is 0 Å². The number of benzene rings is 8. The third-order valence-electron chi connectivity index (χ3n) is 10.1. The molecule has 0 saturated carbocycles. The Balaban J connectivity index is 1.01. The fourth-order valence-electron chi connectivity index (χ4n) is 7.38. The van der Waals surface area contributed by atoms with Crippen molar-refractivity contribution in [2.24, 2.45) is 0 Å². The average Bonchev–Trinajstić information content (AvgIpc) is 3.66. The smallest absolute Gasteiger partial charge is 0.164 e. The molecular formula is C51H34N4S. The molecule has 10 rings (SSSR count). The van der Waals surface area contributed by atoms with Crippen molar-refractivity contribution in [3.63, 3.8) is 0 Å². The van der Waals surface area contributed by atoms with Gasteiger partial charge in [-0.25, -0.2) is 15.0 Å². The number of thiophene rings is 1. The van der Waals surface area contributed by atoms with Gasteiger partial charge in [-0.15, -0.1) is 11.3 Å². The molecule has 0 bridgehead atoms. The van der Waals surface area contributed by atoms with Crippen molar-refractivity contribution in [1.29, 1.82) is 0 Å². The highest BCUT2D eigenvalue weighted by molar-refractivity contribution is 7.26. The van der Waals surface area contributed by atoms with Crippen LogP contribution in [-0.2, 0) is 0 Å². The van der Waals surface area contributed by atoms with Crippen LogP contribution in [0.2, 0.25) is 0 Å². The summed E-state index contributed by atoms with van der Waals surface area (Å²) in [5.74, 6) is 1.99. The molecule has 8 aromatic carbocycles. The van der Waals surface area contributed by atoms with Crippen LogP contribution in [0.5, 0.6) is 0 Å². The minimum absolute atomic E-state index is 0.659. The molecule has 0 atom stereocenters. The fourth-order valence-corrected chi connectivity index (χ4v) is 8.55. The van der Waals surface area contributed by atoms with Crippen molar-refractivity contribution >= 4 is 48.6 Å². The minimum atomic E-state index is 0.659. The van der Waals surface area contributed by atoms with Crippen molar-refractivity contribution in [3.05, 3.63) is 206 Å². The number of aromatic nitrogens is 3. The van der Waals surface area contributed by atoms with Crippen LogP contribution in [0.1, 0.15) is 0 Å². The van der Waals surface area contributed by atoms with Crippen molar-refractivity contribution in [3.8, 4) is 56.4 Å². The van der Waals surface area contributed by atoms with Gasteiger partial charge in [-0.2, -0.15) is 0 Å². The number of anilines is 3. The molecule has 0 fully saturated rings. The molecule has 5 heteroatoms. The van der Waals surface area contributed by atoms with E-state index in [1.54, 1.807) is 11.3 Å². The van der Waals surface area contributed by atoms with Gasteiger partial charge < -0.3 is 4.90 Å². The Kier molecular flexibility index (Phi) is 8.67. The first-order chi connectivity index (χ1) is 27.7. The fraction of sp³-hybridized carbons (Fsp3) is 0. The summed E-state index contributed by atoms with van der Waals surface area (Å²) in [4.78, 5) is 17.4. The summed E-state index contributed by atoms with van der Waals surface area (Å²) in [5, 5.41) is 2.36. The van der Waals surface area contributed by atoms with Gasteiger partial charge in [0.2, 0.25) is 0 Å². The predicted octanol–water partition coefficient (Wildman–Crippen LogP) is 14.0. The van der Waals surface area contributed by atoms with Crippen LogP contribution in [0.3, 0.4) is 0 Å². The van der Waals surface area contributed by atoms with E-state index in [9.17, 15) is 0 Å². The number of para-hydroxylation sites is 1. The van der Waals surface area contributed by atoms with Gasteiger partial charge in [0, 0.05) is 53.9 Å². The van der Waals surface area contributed by atoms with Crippen LogP contribution >= 0.6 is 11.3 Å². The van der Waals surface area contributed by atoms with Crippen LogP contribution in [-0.4, -0.2) is 15.0 Å². The second-order valence-electron chi connectivity index (χ2n) is 13.7. The first-order valence-electron chi connectivity index (χ1n) is 18.7. The Morgan fingerprint density at radius 1 is 0.321 bits per heavy atom. The van der Waals surface area contributed by atoms with Gasteiger partial charge in [0.05, 0.1) is 0 Å². The zero-order valence-corrected chi connectivity index (χ0v) is 31.1. The molecule has 0 amide bonds. The second kappa shape index (κ2) is 14.6. The van der Waals surface area contributed by atoms with E-state index < -0.39 is 0 Å². The third kappa shape index (κ3) is 6.40. The van der Waals surface area contributed by atoms with E-state index in [2.05, 4.69) is 150 Å². The molecule has 0 aliphatic rings. The number of hydrogen-bond acceptors (Lipinski definition) is 5. The Morgan fingerprint density at radius 3 is 1.34 bits per heavy atom. The molecule has 2 aromatic heterocycles. The van der Waals surface area contributed by atoms with Gasteiger partial charge in [0.25, 0.3) is 0 Å². The summed E-state index contributed by atoms with van der Waals surface area (Å²) in [5.41, 5.74) is 11.0. The van der Waals surface area contributed by atoms with Crippen molar-refractivity contribution in [2.75, 3.05) is 4.90 Å². The molecule has 0 unspecified atom stereocenters. The van der Waals surface area contributed by atoms with E-state index >= 15 is 0 Å². The lowest BCUT2D eigenvalue weighted by molar-refractivity contribution is 1.08. The van der Waals surface area contributed by atoms with Gasteiger partial charge in [0.15, 0.2) is 17.5 Å². The quantitative estimate of drug-likeness (QED) is 0.156. The van der Waals surface area contributed by atoms with E-state index in [0.717, 1.165) is 39.1 Å². The summed E-state index contributed by atoms with van der Waals surface area (Å²) >= 11 is 1.80. The maximum atomic E-state index is 5.06. The van der Waals surface area contributed by atoms with E-state index in [4.69, 9.17) is 15.0 Å². The van der Waals surface area contributed by atoms with Crippen LogP contribution < -0.4 is 4.90 Å². The molecular weight excluding hydrogens is 701 g/mol. The molecule has 0 spiro atoms. The molecule has 0 aliphatic carbocycles. The van der Waals surface area contributed by atoms with Gasteiger partial charge in [0.1, 0.15) is 0 Å². The molecule has 4 nitrogen and oxygen atoms in total. The third-order valence-corrected chi connectivity index (χ3v) is 11.3. The molecule has 56 heavy (non-hydrogen) atoms.